The molecule has 2 rings (SSSR count). The van der Waals surface area contributed by atoms with Crippen molar-refractivity contribution in [2.75, 3.05) is 32.5 Å². The van der Waals surface area contributed by atoms with E-state index in [9.17, 15) is 4.79 Å². The Labute approximate surface area is 127 Å². The molecule has 2 heterocycles. The summed E-state index contributed by atoms with van der Waals surface area (Å²) in [4.78, 5) is 15.7. The minimum Gasteiger partial charge on any atom is -0.397 e. The van der Waals surface area contributed by atoms with Gasteiger partial charge in [-0.25, -0.2) is 0 Å². The summed E-state index contributed by atoms with van der Waals surface area (Å²) in [6, 6.07) is 1.78. The summed E-state index contributed by atoms with van der Waals surface area (Å²) >= 11 is 1.29. The Morgan fingerprint density at radius 1 is 1.52 bits per heavy atom. The van der Waals surface area contributed by atoms with Crippen molar-refractivity contribution in [2.45, 2.75) is 13.8 Å². The summed E-state index contributed by atoms with van der Waals surface area (Å²) in [6.45, 7) is 5.87. The number of carbonyl (C=O) groups is 1. The highest BCUT2D eigenvalue weighted by atomic mass is 32.1. The first-order valence-electron chi connectivity index (χ1n) is 6.82. The lowest BCUT2D eigenvalue weighted by molar-refractivity contribution is 0.0678. The van der Waals surface area contributed by atoms with E-state index in [1.165, 1.54) is 11.3 Å². The lowest BCUT2D eigenvalue weighted by atomic mass is 10.2. The largest absolute Gasteiger partial charge is 0.397 e. The van der Waals surface area contributed by atoms with Crippen molar-refractivity contribution < 1.29 is 9.53 Å². The quantitative estimate of drug-likeness (QED) is 0.883. The van der Waals surface area contributed by atoms with E-state index in [4.69, 9.17) is 10.5 Å². The Kier molecular flexibility index (Phi) is 5.08. The SMILES string of the molecule is COCCN(CC(C)C)C(=O)c1sc2nnccc2c1N. The van der Waals surface area contributed by atoms with Gasteiger partial charge >= 0.3 is 0 Å². The average molecular weight is 308 g/mol. The number of nitrogens with two attached hydrogens (primary N) is 1. The smallest absolute Gasteiger partial charge is 0.266 e. The molecule has 0 aromatic carbocycles. The fourth-order valence-corrected chi connectivity index (χ4v) is 3.10. The number of amides is 1. The van der Waals surface area contributed by atoms with Gasteiger partial charge in [-0.3, -0.25) is 4.79 Å². The highest BCUT2D eigenvalue weighted by Gasteiger charge is 2.23. The van der Waals surface area contributed by atoms with Crippen LogP contribution in [0.25, 0.3) is 10.2 Å². The first-order valence-corrected chi connectivity index (χ1v) is 7.64. The molecular weight excluding hydrogens is 288 g/mol. The van der Waals surface area contributed by atoms with Crippen LogP contribution >= 0.6 is 11.3 Å². The summed E-state index contributed by atoms with van der Waals surface area (Å²) in [7, 11) is 1.63. The van der Waals surface area contributed by atoms with Crippen molar-refractivity contribution in [3.05, 3.63) is 17.1 Å². The van der Waals surface area contributed by atoms with Crippen LogP contribution in [0.2, 0.25) is 0 Å². The molecule has 1 amide bonds. The summed E-state index contributed by atoms with van der Waals surface area (Å²) in [5, 5.41) is 8.64. The zero-order chi connectivity index (χ0) is 15.4. The van der Waals surface area contributed by atoms with Crippen molar-refractivity contribution >= 4 is 33.1 Å². The Hall–Kier alpha value is -1.73. The van der Waals surface area contributed by atoms with Gasteiger partial charge in [0.05, 0.1) is 18.5 Å². The molecule has 0 bridgehead atoms. The molecule has 0 spiro atoms. The van der Waals surface area contributed by atoms with Crippen molar-refractivity contribution in [3.8, 4) is 0 Å². The van der Waals surface area contributed by atoms with Crippen LogP contribution < -0.4 is 5.73 Å². The van der Waals surface area contributed by atoms with Gasteiger partial charge in [-0.1, -0.05) is 13.8 Å². The van der Waals surface area contributed by atoms with Crippen molar-refractivity contribution in [2.24, 2.45) is 5.92 Å². The molecule has 0 saturated carbocycles. The number of fused-ring (bicyclic) bond motifs is 1. The molecule has 2 N–H and O–H groups in total. The van der Waals surface area contributed by atoms with E-state index < -0.39 is 0 Å². The first-order chi connectivity index (χ1) is 10.0. The third-order valence-electron chi connectivity index (χ3n) is 3.05. The number of ether oxygens (including phenoxy) is 1. The maximum atomic E-state index is 12.7. The Bertz CT molecular complexity index is 626. The van der Waals surface area contributed by atoms with Crippen molar-refractivity contribution in [1.82, 2.24) is 15.1 Å². The molecule has 6 nitrogen and oxygen atoms in total. The molecule has 21 heavy (non-hydrogen) atoms. The number of rotatable bonds is 6. The lowest BCUT2D eigenvalue weighted by Gasteiger charge is -2.24. The fraction of sp³-hybridized carbons (Fsp3) is 0.500. The first kappa shape index (κ1) is 15.7. The molecule has 7 heteroatoms. The van der Waals surface area contributed by atoms with Crippen LogP contribution in [0.5, 0.6) is 0 Å². The van der Waals surface area contributed by atoms with Crippen LogP contribution in [0.4, 0.5) is 5.69 Å². The zero-order valence-electron chi connectivity index (χ0n) is 12.5. The molecule has 0 aliphatic heterocycles. The Morgan fingerprint density at radius 3 is 2.90 bits per heavy atom. The van der Waals surface area contributed by atoms with Crippen LogP contribution in [-0.4, -0.2) is 47.8 Å². The predicted octanol–water partition coefficient (Wildman–Crippen LogP) is 2.02. The fourth-order valence-electron chi connectivity index (χ4n) is 2.09. The van der Waals surface area contributed by atoms with Gasteiger partial charge in [0.25, 0.3) is 5.91 Å². The van der Waals surface area contributed by atoms with E-state index in [0.29, 0.717) is 41.0 Å². The number of nitrogen functional groups attached to an aromatic ring is 1. The molecule has 2 aromatic rings. The van der Waals surface area contributed by atoms with Crippen molar-refractivity contribution in [3.63, 3.8) is 0 Å². The number of nitrogens with zero attached hydrogens (tertiary/aromatic N) is 3. The normalized spacial score (nSPS) is 11.2. The molecular formula is C14H20N4O2S. The maximum Gasteiger partial charge on any atom is 0.266 e. The van der Waals surface area contributed by atoms with E-state index in [1.807, 2.05) is 0 Å². The molecule has 2 aromatic heterocycles. The molecule has 0 aliphatic rings. The number of thiophene rings is 1. The standard InChI is InChI=1S/C14H20N4O2S/c1-9(2)8-18(6-7-20-3)14(19)12-11(15)10-4-5-16-17-13(10)21-12/h4-5,9H,6-8,15H2,1-3H3. The second kappa shape index (κ2) is 6.82. The minimum absolute atomic E-state index is 0.0683. The van der Waals surface area contributed by atoms with Crippen LogP contribution in [0.15, 0.2) is 12.3 Å². The maximum absolute atomic E-state index is 12.7. The van der Waals surface area contributed by atoms with Gasteiger partial charge < -0.3 is 15.4 Å². The van der Waals surface area contributed by atoms with Gasteiger partial charge in [-0.2, -0.15) is 5.10 Å². The van der Waals surface area contributed by atoms with E-state index in [0.717, 1.165) is 5.39 Å². The highest BCUT2D eigenvalue weighted by molar-refractivity contribution is 7.21. The van der Waals surface area contributed by atoms with Crippen LogP contribution in [0, 0.1) is 5.92 Å². The van der Waals surface area contributed by atoms with Gasteiger partial charge in [0.2, 0.25) is 0 Å². The summed E-state index contributed by atoms with van der Waals surface area (Å²) in [5.74, 6) is 0.308. The van der Waals surface area contributed by atoms with Gasteiger partial charge in [0, 0.05) is 25.6 Å². The Morgan fingerprint density at radius 2 is 2.29 bits per heavy atom. The molecule has 0 fully saturated rings. The predicted molar refractivity (Wildman–Crippen MR) is 84.4 cm³/mol. The number of hydrogen-bond donors (Lipinski definition) is 1. The van der Waals surface area contributed by atoms with Gasteiger partial charge in [0.1, 0.15) is 9.71 Å². The van der Waals surface area contributed by atoms with Gasteiger partial charge in [-0.05, 0) is 12.0 Å². The molecule has 0 unspecified atom stereocenters. The summed E-state index contributed by atoms with van der Waals surface area (Å²) in [6.07, 6.45) is 1.58. The second-order valence-corrected chi connectivity index (χ2v) is 6.23. The van der Waals surface area contributed by atoms with Crippen LogP contribution in [0.1, 0.15) is 23.5 Å². The van der Waals surface area contributed by atoms with E-state index in [-0.39, 0.29) is 5.91 Å². The third-order valence-corrected chi connectivity index (χ3v) is 4.15. The zero-order valence-corrected chi connectivity index (χ0v) is 13.3. The van der Waals surface area contributed by atoms with Crippen LogP contribution in [0.3, 0.4) is 0 Å². The van der Waals surface area contributed by atoms with Gasteiger partial charge in [-0.15, -0.1) is 16.4 Å². The van der Waals surface area contributed by atoms with E-state index in [2.05, 4.69) is 24.0 Å². The molecule has 0 radical (unpaired) electrons. The monoisotopic (exact) mass is 308 g/mol. The molecule has 0 atom stereocenters. The highest BCUT2D eigenvalue weighted by Crippen LogP contribution is 2.32. The second-order valence-electron chi connectivity index (χ2n) is 5.23. The molecule has 0 saturated heterocycles. The van der Waals surface area contributed by atoms with E-state index in [1.54, 1.807) is 24.3 Å². The third kappa shape index (κ3) is 3.48. The van der Waals surface area contributed by atoms with Gasteiger partial charge in [0.15, 0.2) is 0 Å². The molecule has 114 valence electrons. The summed E-state index contributed by atoms with van der Waals surface area (Å²) in [5.41, 5.74) is 6.59. The number of methoxy groups -OCH3 is 1. The van der Waals surface area contributed by atoms with Crippen LogP contribution in [-0.2, 0) is 4.74 Å². The van der Waals surface area contributed by atoms with Crippen molar-refractivity contribution in [1.29, 1.82) is 0 Å². The number of aromatic nitrogens is 2. The number of carbonyl (C=O) groups excluding carboxylic acids is 1. The number of anilines is 1. The lowest BCUT2D eigenvalue weighted by Crippen LogP contribution is -2.36. The van der Waals surface area contributed by atoms with E-state index >= 15 is 0 Å². The average Bonchev–Trinajstić information content (AvgIpc) is 2.80. The summed E-state index contributed by atoms with van der Waals surface area (Å²) < 4.78 is 5.09. The number of hydrogen-bond acceptors (Lipinski definition) is 6. The minimum atomic E-state index is -0.0683. The molecule has 0 aliphatic carbocycles. The topological polar surface area (TPSA) is 81.3 Å². The Balaban J connectivity index is 2.31.